The summed E-state index contributed by atoms with van der Waals surface area (Å²) in [7, 11) is 0. The highest BCUT2D eigenvalue weighted by Crippen LogP contribution is 2.07. The number of ether oxygens (including phenoxy) is 1. The molecule has 1 N–H and O–H groups in total. The smallest absolute Gasteiger partial charge is 0.258 e. The molecule has 0 spiro atoms. The molecule has 1 aromatic rings. The number of para-hydroxylation sites is 1. The minimum absolute atomic E-state index is 0.0708. The highest BCUT2D eigenvalue weighted by atomic mass is 16.5. The standard InChI is InChI=1S/C16H20N2O3/c1-3-10-18(11-4-2)16(20)12-17-15(19)13-21-14-8-6-5-7-9-14/h3-9H,1-2,10-13H2,(H,17,19). The Kier molecular flexibility index (Phi) is 7.35. The van der Waals surface area contributed by atoms with Crippen LogP contribution in [0.3, 0.4) is 0 Å². The van der Waals surface area contributed by atoms with Crippen molar-refractivity contribution >= 4 is 11.8 Å². The SMILES string of the molecule is C=CCN(CC=C)C(=O)CNC(=O)COc1ccccc1. The summed E-state index contributed by atoms with van der Waals surface area (Å²) in [5.41, 5.74) is 0. The number of nitrogens with zero attached hydrogens (tertiary/aromatic N) is 1. The van der Waals surface area contributed by atoms with Crippen molar-refractivity contribution in [3.8, 4) is 5.75 Å². The average Bonchev–Trinajstić information content (AvgIpc) is 2.51. The zero-order valence-corrected chi connectivity index (χ0v) is 12.0. The van der Waals surface area contributed by atoms with E-state index in [1.54, 1.807) is 29.2 Å². The van der Waals surface area contributed by atoms with Crippen LogP contribution in [0.1, 0.15) is 0 Å². The molecule has 112 valence electrons. The first-order valence-corrected chi connectivity index (χ1v) is 6.61. The van der Waals surface area contributed by atoms with Gasteiger partial charge in [-0.3, -0.25) is 9.59 Å². The van der Waals surface area contributed by atoms with Crippen LogP contribution < -0.4 is 10.1 Å². The fourth-order valence-electron chi connectivity index (χ4n) is 1.59. The molecule has 1 aromatic carbocycles. The number of carbonyl (C=O) groups excluding carboxylic acids is 2. The third-order valence-electron chi connectivity index (χ3n) is 2.60. The summed E-state index contributed by atoms with van der Waals surface area (Å²) < 4.78 is 5.29. The maximum absolute atomic E-state index is 11.9. The molecule has 21 heavy (non-hydrogen) atoms. The van der Waals surface area contributed by atoms with Gasteiger partial charge < -0.3 is 15.0 Å². The highest BCUT2D eigenvalue weighted by molar-refractivity contribution is 5.85. The number of hydrogen-bond acceptors (Lipinski definition) is 3. The molecule has 0 aromatic heterocycles. The molecule has 0 aliphatic rings. The molecule has 0 saturated heterocycles. The van der Waals surface area contributed by atoms with Crippen molar-refractivity contribution < 1.29 is 14.3 Å². The van der Waals surface area contributed by atoms with Crippen molar-refractivity contribution in [2.45, 2.75) is 0 Å². The van der Waals surface area contributed by atoms with Crippen LogP contribution in [0.5, 0.6) is 5.75 Å². The summed E-state index contributed by atoms with van der Waals surface area (Å²) in [5.74, 6) is 0.0751. The molecule has 0 atom stereocenters. The molecule has 1 rings (SSSR count). The molecule has 0 aliphatic heterocycles. The first-order chi connectivity index (χ1) is 10.2. The molecule has 0 radical (unpaired) electrons. The van der Waals surface area contributed by atoms with Crippen LogP contribution >= 0.6 is 0 Å². The van der Waals surface area contributed by atoms with E-state index >= 15 is 0 Å². The normalized spacial score (nSPS) is 9.52. The Morgan fingerprint density at radius 3 is 2.33 bits per heavy atom. The van der Waals surface area contributed by atoms with Crippen LogP contribution in [0.2, 0.25) is 0 Å². The predicted molar refractivity (Wildman–Crippen MR) is 81.9 cm³/mol. The molecular weight excluding hydrogens is 268 g/mol. The lowest BCUT2D eigenvalue weighted by molar-refractivity contribution is -0.132. The van der Waals surface area contributed by atoms with E-state index in [9.17, 15) is 9.59 Å². The molecule has 0 aliphatic carbocycles. The molecule has 5 nitrogen and oxygen atoms in total. The minimum Gasteiger partial charge on any atom is -0.484 e. The zero-order chi connectivity index (χ0) is 15.5. The van der Waals surface area contributed by atoms with Crippen molar-refractivity contribution in [2.75, 3.05) is 26.2 Å². The van der Waals surface area contributed by atoms with Crippen molar-refractivity contribution in [1.82, 2.24) is 10.2 Å². The molecular formula is C16H20N2O3. The van der Waals surface area contributed by atoms with Gasteiger partial charge in [-0.05, 0) is 12.1 Å². The Morgan fingerprint density at radius 1 is 1.14 bits per heavy atom. The second-order valence-corrected chi connectivity index (χ2v) is 4.25. The van der Waals surface area contributed by atoms with E-state index in [2.05, 4.69) is 18.5 Å². The second-order valence-electron chi connectivity index (χ2n) is 4.25. The average molecular weight is 288 g/mol. The summed E-state index contributed by atoms with van der Waals surface area (Å²) >= 11 is 0. The number of benzene rings is 1. The molecule has 0 bridgehead atoms. The Bertz CT molecular complexity index is 476. The van der Waals surface area contributed by atoms with Crippen LogP contribution in [0, 0.1) is 0 Å². The highest BCUT2D eigenvalue weighted by Gasteiger charge is 2.12. The number of carbonyl (C=O) groups is 2. The van der Waals surface area contributed by atoms with E-state index in [1.807, 2.05) is 18.2 Å². The van der Waals surface area contributed by atoms with Crippen LogP contribution in [0.15, 0.2) is 55.6 Å². The predicted octanol–water partition coefficient (Wildman–Crippen LogP) is 1.38. The van der Waals surface area contributed by atoms with E-state index in [1.165, 1.54) is 0 Å². The minimum atomic E-state index is -0.343. The lowest BCUT2D eigenvalue weighted by Gasteiger charge is -2.19. The van der Waals surface area contributed by atoms with Gasteiger partial charge in [-0.25, -0.2) is 0 Å². The van der Waals surface area contributed by atoms with E-state index in [4.69, 9.17) is 4.74 Å². The van der Waals surface area contributed by atoms with E-state index < -0.39 is 0 Å². The maximum Gasteiger partial charge on any atom is 0.258 e. The molecule has 2 amide bonds. The molecule has 0 heterocycles. The summed E-state index contributed by atoms with van der Waals surface area (Å²) in [6.45, 7) is 7.82. The van der Waals surface area contributed by atoms with Gasteiger partial charge in [-0.15, -0.1) is 13.2 Å². The van der Waals surface area contributed by atoms with Gasteiger partial charge in [0, 0.05) is 13.1 Å². The van der Waals surface area contributed by atoms with E-state index in [0.29, 0.717) is 18.8 Å². The summed E-state index contributed by atoms with van der Waals surface area (Å²) in [6.07, 6.45) is 3.25. The van der Waals surface area contributed by atoms with Crippen LogP contribution in [-0.2, 0) is 9.59 Å². The van der Waals surface area contributed by atoms with Gasteiger partial charge in [0.2, 0.25) is 5.91 Å². The van der Waals surface area contributed by atoms with Gasteiger partial charge in [0.15, 0.2) is 6.61 Å². The van der Waals surface area contributed by atoms with Crippen LogP contribution in [0.4, 0.5) is 0 Å². The Labute approximate surface area is 124 Å². The Hall–Kier alpha value is -2.56. The number of nitrogens with one attached hydrogen (secondary N) is 1. The van der Waals surface area contributed by atoms with Crippen LogP contribution in [-0.4, -0.2) is 43.0 Å². The van der Waals surface area contributed by atoms with Crippen molar-refractivity contribution in [3.05, 3.63) is 55.6 Å². The number of amides is 2. The third-order valence-corrected chi connectivity index (χ3v) is 2.60. The molecule has 0 fully saturated rings. The first-order valence-electron chi connectivity index (χ1n) is 6.61. The van der Waals surface area contributed by atoms with Gasteiger partial charge in [-0.2, -0.15) is 0 Å². The quantitative estimate of drug-likeness (QED) is 0.698. The van der Waals surface area contributed by atoms with Crippen molar-refractivity contribution in [2.24, 2.45) is 0 Å². The Balaban J connectivity index is 2.32. The fourth-order valence-corrected chi connectivity index (χ4v) is 1.59. The zero-order valence-electron chi connectivity index (χ0n) is 12.0. The van der Waals surface area contributed by atoms with Gasteiger partial charge in [0.05, 0.1) is 6.54 Å². The Morgan fingerprint density at radius 2 is 1.76 bits per heavy atom. The van der Waals surface area contributed by atoms with Gasteiger partial charge >= 0.3 is 0 Å². The summed E-state index contributed by atoms with van der Waals surface area (Å²) in [5, 5.41) is 2.53. The lowest BCUT2D eigenvalue weighted by atomic mass is 10.3. The van der Waals surface area contributed by atoms with Crippen LogP contribution in [0.25, 0.3) is 0 Å². The summed E-state index contributed by atoms with van der Waals surface area (Å²) in [4.78, 5) is 25.0. The monoisotopic (exact) mass is 288 g/mol. The van der Waals surface area contributed by atoms with Gasteiger partial charge in [0.1, 0.15) is 5.75 Å². The topological polar surface area (TPSA) is 58.6 Å². The third kappa shape index (κ3) is 6.42. The molecule has 0 saturated carbocycles. The number of rotatable bonds is 9. The fraction of sp³-hybridized carbons (Fsp3) is 0.250. The molecule has 0 unspecified atom stereocenters. The van der Waals surface area contributed by atoms with E-state index in [-0.39, 0.29) is 25.0 Å². The maximum atomic E-state index is 11.9. The van der Waals surface area contributed by atoms with E-state index in [0.717, 1.165) is 0 Å². The summed E-state index contributed by atoms with van der Waals surface area (Å²) in [6, 6.07) is 9.01. The largest absolute Gasteiger partial charge is 0.484 e. The van der Waals surface area contributed by atoms with Crippen molar-refractivity contribution in [3.63, 3.8) is 0 Å². The first kappa shape index (κ1) is 16.5. The molecule has 5 heteroatoms. The second kappa shape index (κ2) is 9.36. The van der Waals surface area contributed by atoms with Gasteiger partial charge in [0.25, 0.3) is 5.91 Å². The van der Waals surface area contributed by atoms with Crippen molar-refractivity contribution in [1.29, 1.82) is 0 Å². The van der Waals surface area contributed by atoms with Gasteiger partial charge in [-0.1, -0.05) is 30.4 Å². The number of hydrogen-bond donors (Lipinski definition) is 1. The lowest BCUT2D eigenvalue weighted by Crippen LogP contribution is -2.41.